The van der Waals surface area contributed by atoms with Crippen molar-refractivity contribution in [2.75, 3.05) is 0 Å². The quantitative estimate of drug-likeness (QED) is 0.125. The van der Waals surface area contributed by atoms with E-state index in [1.165, 1.54) is 60.3 Å². The van der Waals surface area contributed by atoms with Gasteiger partial charge < -0.3 is 0 Å². The lowest BCUT2D eigenvalue weighted by molar-refractivity contribution is 0.957. The fourth-order valence-electron chi connectivity index (χ4n) is 8.00. The maximum atomic E-state index is 2.56. The lowest BCUT2D eigenvalue weighted by Crippen LogP contribution is -2.20. The summed E-state index contributed by atoms with van der Waals surface area (Å²) in [6.07, 6.45) is 16.3. The first-order valence-electron chi connectivity index (χ1n) is 19.5. The molecule has 1 atom stereocenters. The first-order chi connectivity index (χ1) is 26.4. The summed E-state index contributed by atoms with van der Waals surface area (Å²) in [7, 11) is -1.42. The van der Waals surface area contributed by atoms with Crippen molar-refractivity contribution >= 4 is 42.3 Å². The van der Waals surface area contributed by atoms with Gasteiger partial charge in [0, 0.05) is 14.7 Å². The summed E-state index contributed by atoms with van der Waals surface area (Å²) in [5, 5.41) is 7.92. The van der Waals surface area contributed by atoms with E-state index in [9.17, 15) is 0 Å². The Balaban J connectivity index is 0.000000143. The Morgan fingerprint density at radius 3 is 1.83 bits per heavy atom. The summed E-state index contributed by atoms with van der Waals surface area (Å²) in [5.41, 5.74) is 7.18. The molecule has 0 N–H and O–H groups in total. The van der Waals surface area contributed by atoms with Crippen LogP contribution in [0.2, 0.25) is 0 Å². The van der Waals surface area contributed by atoms with Crippen molar-refractivity contribution < 1.29 is 0 Å². The molecule has 0 saturated heterocycles. The van der Waals surface area contributed by atoms with Gasteiger partial charge >= 0.3 is 0 Å². The summed E-state index contributed by atoms with van der Waals surface area (Å²) < 4.78 is 0. The van der Waals surface area contributed by atoms with Crippen molar-refractivity contribution in [2.24, 2.45) is 0 Å². The van der Waals surface area contributed by atoms with Gasteiger partial charge in [-0.25, -0.2) is 0 Å². The number of fused-ring (bicyclic) bond motifs is 5. The molecular formula is C53H52S. The molecule has 0 spiro atoms. The van der Waals surface area contributed by atoms with Crippen LogP contribution < -0.4 is 0 Å². The van der Waals surface area contributed by atoms with Gasteiger partial charge in [-0.3, -0.25) is 0 Å². The van der Waals surface area contributed by atoms with Crippen LogP contribution in [0, 0.1) is 20.8 Å². The first-order valence-corrected chi connectivity index (χ1v) is 21.1. The molecule has 1 aliphatic carbocycles. The monoisotopic (exact) mass is 720 g/mol. The molecule has 1 aliphatic heterocycles. The second-order valence-electron chi connectivity index (χ2n) is 14.4. The van der Waals surface area contributed by atoms with Gasteiger partial charge in [0.1, 0.15) is 0 Å². The summed E-state index contributed by atoms with van der Waals surface area (Å²) in [4.78, 5) is 6.18. The van der Waals surface area contributed by atoms with Gasteiger partial charge in [-0.15, -0.1) is 10.0 Å². The molecule has 7 aromatic rings. The van der Waals surface area contributed by atoms with E-state index in [-0.39, 0.29) is 0 Å². The van der Waals surface area contributed by atoms with Crippen molar-refractivity contribution in [3.05, 3.63) is 214 Å². The number of rotatable bonds is 4. The highest BCUT2D eigenvalue weighted by molar-refractivity contribution is 8.40. The highest BCUT2D eigenvalue weighted by atomic mass is 32.3. The summed E-state index contributed by atoms with van der Waals surface area (Å²) in [6.45, 7) is 11.0. The molecule has 9 rings (SSSR count). The molecule has 0 aromatic heterocycles. The number of aryl methyl sites for hydroxylation is 3. The molecule has 0 fully saturated rings. The van der Waals surface area contributed by atoms with E-state index in [4.69, 9.17) is 0 Å². The Kier molecular flexibility index (Phi) is 11.5. The lowest BCUT2D eigenvalue weighted by Gasteiger charge is -2.50. The Hall–Kier alpha value is -5.37. The van der Waals surface area contributed by atoms with Crippen LogP contribution in [-0.4, -0.2) is 0 Å². The lowest BCUT2D eigenvalue weighted by atomic mass is 9.96. The van der Waals surface area contributed by atoms with E-state index in [1.54, 1.807) is 25.8 Å². The Labute approximate surface area is 324 Å². The average molecular weight is 721 g/mol. The van der Waals surface area contributed by atoms with Crippen LogP contribution in [0.15, 0.2) is 201 Å². The molecule has 0 saturated carbocycles. The molecule has 0 amide bonds. The highest BCUT2D eigenvalue weighted by Crippen LogP contribution is 2.78. The normalized spacial score (nSPS) is 17.6. The van der Waals surface area contributed by atoms with Crippen molar-refractivity contribution in [3.63, 3.8) is 0 Å². The fraction of sp³-hybridized carbons (Fsp3) is 0.170. The van der Waals surface area contributed by atoms with Crippen LogP contribution in [0.1, 0.15) is 55.4 Å². The van der Waals surface area contributed by atoms with Crippen molar-refractivity contribution in [1.29, 1.82) is 0 Å². The van der Waals surface area contributed by atoms with E-state index < -0.39 is 10.0 Å². The molecule has 2 aliphatic rings. The van der Waals surface area contributed by atoms with Gasteiger partial charge in [-0.1, -0.05) is 164 Å². The van der Waals surface area contributed by atoms with E-state index in [0.717, 1.165) is 19.3 Å². The third-order valence-corrected chi connectivity index (χ3v) is 15.0. The third kappa shape index (κ3) is 7.52. The van der Waals surface area contributed by atoms with E-state index in [1.807, 2.05) is 0 Å². The molecule has 54 heavy (non-hydrogen) atoms. The topological polar surface area (TPSA) is 0 Å². The third-order valence-electron chi connectivity index (χ3n) is 10.7. The SMILES string of the molecule is C/C=C\C=C(/CC)S1(c2ccccc2)C2=CCCC=C2Cc2c(C)cccc21.Cc1ccc2cc3ccccc3cc2c1.Cc1ccc2ccccc2c1. The minimum atomic E-state index is -1.42. The zero-order chi connectivity index (χ0) is 37.5. The number of hydrogen-bond acceptors (Lipinski definition) is 0. The minimum Gasteiger partial charge on any atom is -0.136 e. The van der Waals surface area contributed by atoms with Crippen LogP contribution >= 0.6 is 10.0 Å². The van der Waals surface area contributed by atoms with Gasteiger partial charge in [0.2, 0.25) is 0 Å². The second-order valence-corrected chi connectivity index (χ2v) is 17.5. The molecule has 0 nitrogen and oxygen atoms in total. The molecule has 1 heterocycles. The van der Waals surface area contributed by atoms with Crippen LogP contribution in [0.5, 0.6) is 0 Å². The summed E-state index contributed by atoms with van der Waals surface area (Å²) in [6, 6.07) is 52.8. The van der Waals surface area contributed by atoms with Crippen LogP contribution in [0.3, 0.4) is 0 Å². The van der Waals surface area contributed by atoms with E-state index in [2.05, 4.69) is 211 Å². The van der Waals surface area contributed by atoms with Crippen molar-refractivity contribution in [2.45, 2.75) is 70.1 Å². The predicted octanol–water partition coefficient (Wildman–Crippen LogP) is 15.7. The standard InChI is InChI=1S/C27H30S.C15H12.C11H10/c1-4-6-15-23(5-2)28(24-16-8-7-9-17-24)26-18-11-10-14-22(26)20-25-21(3)13-12-19-27(25)28;1-11-6-7-14-9-12-4-2-3-5-13(12)10-15(14)8-11;1-9-6-7-10-4-2-3-5-11(10)8-9/h4,6-9,12-19H,5,10-11,20H2,1-3H3;2-10H,1H3;2-8H,1H3/b6-4-,23-15+;;. The van der Waals surface area contributed by atoms with E-state index >= 15 is 0 Å². The molecular weight excluding hydrogens is 669 g/mol. The average Bonchev–Trinajstić information content (AvgIpc) is 3.21. The number of hydrogen-bond donors (Lipinski definition) is 0. The van der Waals surface area contributed by atoms with Crippen molar-refractivity contribution in [3.8, 4) is 0 Å². The summed E-state index contributed by atoms with van der Waals surface area (Å²) >= 11 is 0. The Bertz CT molecular complexity index is 2550. The predicted molar refractivity (Wildman–Crippen MR) is 239 cm³/mol. The van der Waals surface area contributed by atoms with Crippen LogP contribution in [-0.2, 0) is 6.42 Å². The Morgan fingerprint density at radius 1 is 0.574 bits per heavy atom. The molecule has 1 heteroatoms. The maximum Gasteiger partial charge on any atom is 0.00581 e. The fourth-order valence-corrected chi connectivity index (χ4v) is 12.7. The van der Waals surface area contributed by atoms with Crippen LogP contribution in [0.25, 0.3) is 32.3 Å². The zero-order valence-corrected chi connectivity index (χ0v) is 33.3. The highest BCUT2D eigenvalue weighted by Gasteiger charge is 2.42. The van der Waals surface area contributed by atoms with E-state index in [0.29, 0.717) is 0 Å². The zero-order valence-electron chi connectivity index (χ0n) is 32.5. The number of benzene rings is 7. The Morgan fingerprint density at radius 2 is 1.15 bits per heavy atom. The van der Waals surface area contributed by atoms with Gasteiger partial charge in [0.15, 0.2) is 0 Å². The molecule has 1 unspecified atom stereocenters. The van der Waals surface area contributed by atoms with Crippen LogP contribution in [0.4, 0.5) is 0 Å². The van der Waals surface area contributed by atoms with Gasteiger partial charge in [0.25, 0.3) is 0 Å². The van der Waals surface area contributed by atoms with Crippen molar-refractivity contribution in [1.82, 2.24) is 0 Å². The molecule has 270 valence electrons. The maximum absolute atomic E-state index is 2.56. The molecule has 0 radical (unpaired) electrons. The van der Waals surface area contributed by atoms with Gasteiger partial charge in [-0.05, 0) is 138 Å². The smallest absolute Gasteiger partial charge is 0.00581 e. The molecule has 0 bridgehead atoms. The largest absolute Gasteiger partial charge is 0.136 e. The second kappa shape index (κ2) is 16.8. The minimum absolute atomic E-state index is 1.06. The van der Waals surface area contributed by atoms with Gasteiger partial charge in [-0.2, -0.15) is 0 Å². The molecule has 7 aromatic carbocycles. The summed E-state index contributed by atoms with van der Waals surface area (Å²) in [5.74, 6) is 0. The van der Waals surface area contributed by atoms with Gasteiger partial charge in [0.05, 0.1) is 0 Å². The number of allylic oxidation sites excluding steroid dienone is 7. The first kappa shape index (κ1) is 37.0.